The minimum absolute atomic E-state index is 0.361. The van der Waals surface area contributed by atoms with Crippen LogP contribution >= 0.6 is 11.6 Å². The Hall–Kier alpha value is -2.59. The lowest BCUT2D eigenvalue weighted by Crippen LogP contribution is -2.01. The number of esters is 1. The van der Waals surface area contributed by atoms with Crippen LogP contribution in [0.1, 0.15) is 10.4 Å². The largest absolute Gasteiger partial charge is 0.465 e. The van der Waals surface area contributed by atoms with E-state index < -0.39 is 0 Å². The first-order valence-corrected chi connectivity index (χ1v) is 6.95. The number of hydrogen-bond acceptors (Lipinski definition) is 4. The van der Waals surface area contributed by atoms with Gasteiger partial charge in [-0.3, -0.25) is 0 Å². The molecule has 0 radical (unpaired) electrons. The second kappa shape index (κ2) is 6.03. The van der Waals surface area contributed by atoms with Crippen molar-refractivity contribution in [3.05, 3.63) is 65.4 Å². The molecule has 0 fully saturated rings. The molecular formula is C17H12ClNO3. The third-order valence-corrected chi connectivity index (χ3v) is 3.40. The molecular weight excluding hydrogens is 302 g/mol. The summed E-state index contributed by atoms with van der Waals surface area (Å²) in [5, 5.41) is 2.07. The molecule has 0 aliphatic carbocycles. The van der Waals surface area contributed by atoms with Crippen LogP contribution in [0.15, 0.2) is 54.7 Å². The topological polar surface area (TPSA) is 48.4 Å². The Morgan fingerprint density at radius 2 is 1.91 bits per heavy atom. The zero-order valence-corrected chi connectivity index (χ0v) is 12.5. The molecule has 1 aromatic heterocycles. The number of halogens is 1. The molecule has 110 valence electrons. The Morgan fingerprint density at radius 3 is 2.68 bits per heavy atom. The normalized spacial score (nSPS) is 10.5. The predicted molar refractivity (Wildman–Crippen MR) is 84.6 cm³/mol. The highest BCUT2D eigenvalue weighted by atomic mass is 35.5. The van der Waals surface area contributed by atoms with Crippen molar-refractivity contribution in [1.82, 2.24) is 4.98 Å². The number of fused-ring (bicyclic) bond motifs is 1. The molecule has 0 atom stereocenters. The Balaban J connectivity index is 1.98. The summed E-state index contributed by atoms with van der Waals surface area (Å²) in [6, 6.07) is 14.3. The summed E-state index contributed by atoms with van der Waals surface area (Å²) >= 11 is 5.84. The highest BCUT2D eigenvalue weighted by Crippen LogP contribution is 2.28. The third kappa shape index (κ3) is 2.87. The maximum atomic E-state index is 11.8. The van der Waals surface area contributed by atoms with Crippen LogP contribution in [-0.2, 0) is 4.74 Å². The lowest BCUT2D eigenvalue weighted by molar-refractivity contribution is 0.0603. The van der Waals surface area contributed by atoms with E-state index in [1.807, 2.05) is 24.3 Å². The fraction of sp³-hybridized carbons (Fsp3) is 0.0588. The Bertz CT molecular complexity index is 848. The fourth-order valence-corrected chi connectivity index (χ4v) is 2.36. The van der Waals surface area contributed by atoms with Gasteiger partial charge in [-0.25, -0.2) is 9.78 Å². The summed E-state index contributed by atoms with van der Waals surface area (Å²) < 4.78 is 10.5. The minimum Gasteiger partial charge on any atom is -0.465 e. The van der Waals surface area contributed by atoms with Gasteiger partial charge in [0.2, 0.25) is 0 Å². The average Bonchev–Trinajstić information content (AvgIpc) is 2.53. The maximum Gasteiger partial charge on any atom is 0.338 e. The van der Waals surface area contributed by atoms with Gasteiger partial charge in [0.25, 0.3) is 0 Å². The van der Waals surface area contributed by atoms with E-state index in [0.29, 0.717) is 22.2 Å². The number of carbonyl (C=O) groups is 1. The van der Waals surface area contributed by atoms with Gasteiger partial charge in [0.15, 0.2) is 0 Å². The molecule has 1 heterocycles. The van der Waals surface area contributed by atoms with Crippen molar-refractivity contribution < 1.29 is 14.3 Å². The molecule has 0 saturated carbocycles. The van der Waals surface area contributed by atoms with Crippen molar-refractivity contribution in [3.8, 4) is 11.5 Å². The first-order valence-electron chi connectivity index (χ1n) is 6.58. The Kier molecular flexibility index (Phi) is 3.94. The molecule has 0 N–H and O–H groups in total. The third-order valence-electron chi connectivity index (χ3n) is 3.19. The molecule has 0 aliphatic rings. The van der Waals surface area contributed by atoms with E-state index in [2.05, 4.69) is 4.98 Å². The van der Waals surface area contributed by atoms with E-state index in [1.54, 1.807) is 30.5 Å². The fourth-order valence-electron chi connectivity index (χ4n) is 2.20. The summed E-state index contributed by atoms with van der Waals surface area (Å²) in [7, 11) is 1.37. The zero-order chi connectivity index (χ0) is 15.5. The number of benzene rings is 2. The van der Waals surface area contributed by atoms with Crippen molar-refractivity contribution in [3.63, 3.8) is 0 Å². The molecule has 22 heavy (non-hydrogen) atoms. The molecule has 4 nitrogen and oxygen atoms in total. The highest BCUT2D eigenvalue weighted by Gasteiger charge is 2.10. The number of nitrogens with zero attached hydrogens (tertiary/aromatic N) is 1. The van der Waals surface area contributed by atoms with Crippen molar-refractivity contribution in [2.45, 2.75) is 0 Å². The number of pyridine rings is 1. The molecule has 3 rings (SSSR count). The first kappa shape index (κ1) is 14.4. The lowest BCUT2D eigenvalue weighted by Gasteiger charge is -2.09. The van der Waals surface area contributed by atoms with Crippen LogP contribution in [-0.4, -0.2) is 18.1 Å². The van der Waals surface area contributed by atoms with Crippen LogP contribution in [0.25, 0.3) is 10.8 Å². The Morgan fingerprint density at radius 1 is 1.09 bits per heavy atom. The predicted octanol–water partition coefficient (Wildman–Crippen LogP) is 4.47. The summed E-state index contributed by atoms with van der Waals surface area (Å²) in [6.07, 6.45) is 1.58. The highest BCUT2D eigenvalue weighted by molar-refractivity contribution is 6.29. The summed E-state index contributed by atoms with van der Waals surface area (Å²) in [5.74, 6) is 0.889. The molecule has 0 spiro atoms. The van der Waals surface area contributed by atoms with Gasteiger partial charge in [-0.1, -0.05) is 23.7 Å². The molecule has 0 amide bonds. The minimum atomic E-state index is -0.361. The number of carbonyl (C=O) groups excluding carboxylic acids is 1. The van der Waals surface area contributed by atoms with Crippen LogP contribution in [0.3, 0.4) is 0 Å². The first-order chi connectivity index (χ1) is 10.7. The van der Waals surface area contributed by atoms with Gasteiger partial charge >= 0.3 is 5.97 Å². The average molecular weight is 314 g/mol. The number of rotatable bonds is 3. The summed E-state index contributed by atoms with van der Waals surface area (Å²) in [4.78, 5) is 15.7. The number of aromatic nitrogens is 1. The van der Waals surface area contributed by atoms with E-state index in [9.17, 15) is 4.79 Å². The second-order valence-electron chi connectivity index (χ2n) is 4.60. The van der Waals surface area contributed by atoms with E-state index in [1.165, 1.54) is 7.11 Å². The van der Waals surface area contributed by atoms with Crippen LogP contribution in [0.4, 0.5) is 0 Å². The van der Waals surface area contributed by atoms with E-state index in [4.69, 9.17) is 21.1 Å². The molecule has 0 aliphatic heterocycles. The van der Waals surface area contributed by atoms with Gasteiger partial charge < -0.3 is 9.47 Å². The monoisotopic (exact) mass is 313 g/mol. The zero-order valence-electron chi connectivity index (χ0n) is 11.7. The van der Waals surface area contributed by atoms with Gasteiger partial charge in [0.05, 0.1) is 12.7 Å². The van der Waals surface area contributed by atoms with Gasteiger partial charge in [-0.2, -0.15) is 0 Å². The Labute approximate surface area is 132 Å². The van der Waals surface area contributed by atoms with Gasteiger partial charge in [0, 0.05) is 12.3 Å². The van der Waals surface area contributed by atoms with Gasteiger partial charge in [-0.15, -0.1) is 0 Å². The van der Waals surface area contributed by atoms with Crippen LogP contribution < -0.4 is 4.74 Å². The summed E-state index contributed by atoms with van der Waals surface area (Å²) in [5.41, 5.74) is 0.526. The molecule has 0 saturated heterocycles. The summed E-state index contributed by atoms with van der Waals surface area (Å²) in [6.45, 7) is 0. The van der Waals surface area contributed by atoms with Crippen LogP contribution in [0.2, 0.25) is 5.15 Å². The standard InChI is InChI=1S/C17H12ClNO3/c1-21-17(20)15-4-2-3-11-9-12(5-6-14(11)15)22-13-7-8-19-16(18)10-13/h2-10H,1H3. The number of hydrogen-bond donors (Lipinski definition) is 0. The van der Waals surface area contributed by atoms with Gasteiger partial charge in [0.1, 0.15) is 16.7 Å². The van der Waals surface area contributed by atoms with Gasteiger partial charge in [-0.05, 0) is 41.1 Å². The van der Waals surface area contributed by atoms with Crippen LogP contribution in [0.5, 0.6) is 11.5 Å². The van der Waals surface area contributed by atoms with Crippen molar-refractivity contribution in [2.75, 3.05) is 7.11 Å². The van der Waals surface area contributed by atoms with E-state index in [0.717, 1.165) is 10.8 Å². The second-order valence-corrected chi connectivity index (χ2v) is 4.98. The van der Waals surface area contributed by atoms with Crippen LogP contribution in [0, 0.1) is 0 Å². The van der Waals surface area contributed by atoms with E-state index >= 15 is 0 Å². The molecule has 3 aromatic rings. The number of methoxy groups -OCH3 is 1. The quantitative estimate of drug-likeness (QED) is 0.529. The molecule has 0 unspecified atom stereocenters. The smallest absolute Gasteiger partial charge is 0.338 e. The lowest BCUT2D eigenvalue weighted by atomic mass is 10.0. The van der Waals surface area contributed by atoms with Crippen molar-refractivity contribution in [2.24, 2.45) is 0 Å². The molecule has 0 bridgehead atoms. The SMILES string of the molecule is COC(=O)c1cccc2cc(Oc3ccnc(Cl)c3)ccc12. The van der Waals surface area contributed by atoms with Crippen molar-refractivity contribution >= 4 is 28.3 Å². The maximum absolute atomic E-state index is 11.8. The number of ether oxygens (including phenoxy) is 2. The molecule has 2 aromatic carbocycles. The molecule has 5 heteroatoms. The van der Waals surface area contributed by atoms with Crippen molar-refractivity contribution in [1.29, 1.82) is 0 Å². The van der Waals surface area contributed by atoms with E-state index in [-0.39, 0.29) is 5.97 Å².